The average molecular weight is 275 g/mol. The van der Waals surface area contributed by atoms with E-state index < -0.39 is 0 Å². The van der Waals surface area contributed by atoms with Crippen molar-refractivity contribution >= 4 is 0 Å². The monoisotopic (exact) mass is 275 g/mol. The molecule has 2 rings (SSSR count). The predicted molar refractivity (Wildman–Crippen MR) is 77.5 cm³/mol. The number of hydrogen-bond donors (Lipinski definition) is 2. The standard InChI is InChI=1S/C16H21NO3/c1-3-8-20-15-6-4-14(5-7-15)13(2)17-9-16(10-18)11-19-12-16/h1,4-7,13,17-18H,8-12H2,2H3. The number of aliphatic hydroxyl groups excluding tert-OH is 1. The topological polar surface area (TPSA) is 50.7 Å². The van der Waals surface area contributed by atoms with Crippen LogP contribution in [0.25, 0.3) is 0 Å². The molecule has 0 spiro atoms. The van der Waals surface area contributed by atoms with E-state index in [1.807, 2.05) is 24.3 Å². The molecule has 0 aliphatic carbocycles. The molecule has 1 saturated heterocycles. The zero-order valence-electron chi connectivity index (χ0n) is 11.8. The van der Waals surface area contributed by atoms with E-state index in [0.29, 0.717) is 13.2 Å². The predicted octanol–water partition coefficient (Wildman–Crippen LogP) is 1.36. The lowest BCUT2D eigenvalue weighted by Gasteiger charge is -2.40. The molecule has 20 heavy (non-hydrogen) atoms. The van der Waals surface area contributed by atoms with Gasteiger partial charge in [-0.15, -0.1) is 6.42 Å². The number of nitrogens with one attached hydrogen (secondary N) is 1. The van der Waals surface area contributed by atoms with Crippen LogP contribution in [0.4, 0.5) is 0 Å². The van der Waals surface area contributed by atoms with E-state index in [2.05, 4.69) is 18.2 Å². The molecule has 4 heteroatoms. The molecule has 0 saturated carbocycles. The molecule has 1 aromatic carbocycles. The zero-order chi connectivity index (χ0) is 14.4. The van der Waals surface area contributed by atoms with Crippen molar-refractivity contribution < 1.29 is 14.6 Å². The van der Waals surface area contributed by atoms with Crippen LogP contribution in [0.15, 0.2) is 24.3 Å². The Morgan fingerprint density at radius 3 is 2.65 bits per heavy atom. The molecule has 2 N–H and O–H groups in total. The summed E-state index contributed by atoms with van der Waals surface area (Å²) in [5.41, 5.74) is 1.07. The largest absolute Gasteiger partial charge is 0.481 e. The number of ether oxygens (including phenoxy) is 2. The van der Waals surface area contributed by atoms with Gasteiger partial charge >= 0.3 is 0 Å². The van der Waals surface area contributed by atoms with Crippen LogP contribution in [-0.4, -0.2) is 38.1 Å². The molecule has 0 bridgehead atoms. The number of terminal acetylenes is 1. The van der Waals surface area contributed by atoms with E-state index in [1.165, 1.54) is 5.56 Å². The molecule has 1 atom stereocenters. The minimum Gasteiger partial charge on any atom is -0.481 e. The third kappa shape index (κ3) is 3.51. The Balaban J connectivity index is 1.86. The molecule has 1 unspecified atom stereocenters. The third-order valence-electron chi connectivity index (χ3n) is 3.64. The fourth-order valence-corrected chi connectivity index (χ4v) is 2.11. The van der Waals surface area contributed by atoms with Crippen LogP contribution >= 0.6 is 0 Å². The van der Waals surface area contributed by atoms with Crippen LogP contribution < -0.4 is 10.1 Å². The van der Waals surface area contributed by atoms with Gasteiger partial charge in [0.25, 0.3) is 0 Å². The third-order valence-corrected chi connectivity index (χ3v) is 3.64. The van der Waals surface area contributed by atoms with Gasteiger partial charge in [0.1, 0.15) is 12.4 Å². The summed E-state index contributed by atoms with van der Waals surface area (Å²) in [5.74, 6) is 3.22. The minimum absolute atomic E-state index is 0.107. The van der Waals surface area contributed by atoms with Crippen LogP contribution in [0.1, 0.15) is 18.5 Å². The lowest BCUT2D eigenvalue weighted by Crippen LogP contribution is -2.52. The van der Waals surface area contributed by atoms with Gasteiger partial charge in [0, 0.05) is 12.6 Å². The van der Waals surface area contributed by atoms with Gasteiger partial charge in [-0.1, -0.05) is 18.1 Å². The molecule has 4 nitrogen and oxygen atoms in total. The van der Waals surface area contributed by atoms with E-state index in [9.17, 15) is 5.11 Å². The van der Waals surface area contributed by atoms with Crippen molar-refractivity contribution in [3.8, 4) is 18.1 Å². The number of rotatable bonds is 7. The van der Waals surface area contributed by atoms with Crippen molar-refractivity contribution in [2.75, 3.05) is 33.0 Å². The lowest BCUT2D eigenvalue weighted by molar-refractivity contribution is -0.135. The molecular formula is C16H21NO3. The lowest BCUT2D eigenvalue weighted by atomic mass is 9.86. The first kappa shape index (κ1) is 14.9. The van der Waals surface area contributed by atoms with E-state index in [4.69, 9.17) is 15.9 Å². The van der Waals surface area contributed by atoms with Crippen molar-refractivity contribution in [3.63, 3.8) is 0 Å². The van der Waals surface area contributed by atoms with Crippen molar-refractivity contribution in [1.82, 2.24) is 5.32 Å². The maximum Gasteiger partial charge on any atom is 0.148 e. The molecule has 1 fully saturated rings. The number of aliphatic hydroxyl groups is 1. The van der Waals surface area contributed by atoms with E-state index in [0.717, 1.165) is 12.3 Å². The summed E-state index contributed by atoms with van der Waals surface area (Å²) in [6, 6.07) is 8.08. The zero-order valence-corrected chi connectivity index (χ0v) is 11.8. The van der Waals surface area contributed by atoms with Gasteiger partial charge in [0.2, 0.25) is 0 Å². The summed E-state index contributed by atoms with van der Waals surface area (Å²) in [6.45, 7) is 4.55. The second-order valence-electron chi connectivity index (χ2n) is 5.32. The van der Waals surface area contributed by atoms with Crippen LogP contribution in [0.5, 0.6) is 5.75 Å². The maximum atomic E-state index is 9.39. The Labute approximate surface area is 120 Å². The normalized spacial score (nSPS) is 17.9. The molecular weight excluding hydrogens is 254 g/mol. The van der Waals surface area contributed by atoms with Crippen LogP contribution in [0, 0.1) is 17.8 Å². The minimum atomic E-state index is -0.107. The van der Waals surface area contributed by atoms with Gasteiger partial charge in [-0.2, -0.15) is 0 Å². The second-order valence-corrected chi connectivity index (χ2v) is 5.32. The second kappa shape index (κ2) is 6.76. The molecule has 0 amide bonds. The van der Waals surface area contributed by atoms with Gasteiger partial charge in [0.05, 0.1) is 25.2 Å². The molecule has 1 aliphatic rings. The summed E-state index contributed by atoms with van der Waals surface area (Å²) < 4.78 is 10.5. The van der Waals surface area contributed by atoms with Gasteiger partial charge in [0.15, 0.2) is 0 Å². The Morgan fingerprint density at radius 1 is 1.45 bits per heavy atom. The highest BCUT2D eigenvalue weighted by Crippen LogP contribution is 2.27. The van der Waals surface area contributed by atoms with Crippen molar-refractivity contribution in [1.29, 1.82) is 0 Å². The van der Waals surface area contributed by atoms with Crippen molar-refractivity contribution in [2.45, 2.75) is 13.0 Å². The molecule has 108 valence electrons. The Bertz CT molecular complexity index is 454. The maximum absolute atomic E-state index is 9.39. The van der Waals surface area contributed by atoms with Gasteiger partial charge in [-0.05, 0) is 24.6 Å². The van der Waals surface area contributed by atoms with E-state index in [-0.39, 0.29) is 24.7 Å². The summed E-state index contributed by atoms with van der Waals surface area (Å²) in [7, 11) is 0. The van der Waals surface area contributed by atoms with Crippen molar-refractivity contribution in [2.24, 2.45) is 5.41 Å². The summed E-state index contributed by atoms with van der Waals surface area (Å²) in [4.78, 5) is 0. The summed E-state index contributed by atoms with van der Waals surface area (Å²) in [6.07, 6.45) is 5.15. The van der Waals surface area contributed by atoms with E-state index >= 15 is 0 Å². The first-order valence-electron chi connectivity index (χ1n) is 6.77. The molecule has 0 aromatic heterocycles. The van der Waals surface area contributed by atoms with Crippen molar-refractivity contribution in [3.05, 3.63) is 29.8 Å². The smallest absolute Gasteiger partial charge is 0.148 e. The summed E-state index contributed by atoms with van der Waals surface area (Å²) in [5, 5.41) is 12.8. The Hall–Kier alpha value is -1.54. The Kier molecular flexibility index (Phi) is 5.02. The SMILES string of the molecule is C#CCOc1ccc(C(C)NCC2(CO)COC2)cc1. The average Bonchev–Trinajstić information content (AvgIpc) is 2.45. The van der Waals surface area contributed by atoms with E-state index in [1.54, 1.807) is 0 Å². The first-order valence-corrected chi connectivity index (χ1v) is 6.77. The highest BCUT2D eigenvalue weighted by Gasteiger charge is 2.37. The fraction of sp³-hybridized carbons (Fsp3) is 0.500. The molecule has 1 aromatic rings. The highest BCUT2D eigenvalue weighted by molar-refractivity contribution is 5.29. The quantitative estimate of drug-likeness (QED) is 0.738. The van der Waals surface area contributed by atoms with Crippen LogP contribution in [-0.2, 0) is 4.74 Å². The van der Waals surface area contributed by atoms with Crippen LogP contribution in [0.3, 0.4) is 0 Å². The highest BCUT2D eigenvalue weighted by atomic mass is 16.5. The molecule has 0 radical (unpaired) electrons. The number of hydrogen-bond acceptors (Lipinski definition) is 4. The number of benzene rings is 1. The van der Waals surface area contributed by atoms with Gasteiger partial charge in [-0.3, -0.25) is 0 Å². The Morgan fingerprint density at radius 2 is 2.15 bits per heavy atom. The van der Waals surface area contributed by atoms with Gasteiger partial charge < -0.3 is 19.9 Å². The fourth-order valence-electron chi connectivity index (χ4n) is 2.11. The molecule has 1 heterocycles. The van der Waals surface area contributed by atoms with Gasteiger partial charge in [-0.25, -0.2) is 0 Å². The van der Waals surface area contributed by atoms with Crippen LogP contribution in [0.2, 0.25) is 0 Å². The molecule has 1 aliphatic heterocycles. The summed E-state index contributed by atoms with van der Waals surface area (Å²) >= 11 is 0. The first-order chi connectivity index (χ1) is 9.69.